The molecule has 0 spiro atoms. The van der Waals surface area contributed by atoms with Crippen molar-refractivity contribution in [2.45, 2.75) is 85.4 Å². The van der Waals surface area contributed by atoms with Gasteiger partial charge in [-0.25, -0.2) is 26.9 Å². The molecule has 1 aliphatic carbocycles. The number of aromatic amines is 1. The second-order valence-electron chi connectivity index (χ2n) is 12.5. The van der Waals surface area contributed by atoms with Gasteiger partial charge in [-0.1, -0.05) is 46.2 Å². The summed E-state index contributed by atoms with van der Waals surface area (Å²) in [6, 6.07) is 6.65. The Labute approximate surface area is 249 Å². The van der Waals surface area contributed by atoms with E-state index in [-0.39, 0.29) is 35.2 Å². The summed E-state index contributed by atoms with van der Waals surface area (Å²) >= 11 is 0. The number of imidazole rings is 1. The molecule has 1 aliphatic rings. The number of nitrogens with zero attached hydrogens (tertiary/aromatic N) is 1. The van der Waals surface area contributed by atoms with E-state index in [9.17, 15) is 26.7 Å². The highest BCUT2D eigenvalue weighted by Gasteiger charge is 2.34. The molecule has 0 radical (unpaired) electrons. The summed E-state index contributed by atoms with van der Waals surface area (Å²) in [4.78, 5) is 20.5. The van der Waals surface area contributed by atoms with Crippen LogP contribution in [0.2, 0.25) is 0 Å². The SMILES string of the molecule is CCCCOc1ccc(CC(NC(=O)C2CCC(C(C)(C)C)CC2)c2ncc(-c3c(F)c(F)c(F)c(CF)c3F)[nH]2)cc1. The lowest BCUT2D eigenvalue weighted by atomic mass is 9.69. The van der Waals surface area contributed by atoms with Gasteiger partial charge in [-0.15, -0.1) is 0 Å². The van der Waals surface area contributed by atoms with Gasteiger partial charge in [0.2, 0.25) is 5.91 Å². The van der Waals surface area contributed by atoms with Gasteiger partial charge in [0.1, 0.15) is 24.1 Å². The average Bonchev–Trinajstić information content (AvgIpc) is 3.46. The van der Waals surface area contributed by atoms with Crippen molar-refractivity contribution in [3.63, 3.8) is 0 Å². The smallest absolute Gasteiger partial charge is 0.223 e. The fourth-order valence-electron chi connectivity index (χ4n) is 5.70. The molecule has 3 aromatic rings. The van der Waals surface area contributed by atoms with Crippen molar-refractivity contribution in [2.24, 2.45) is 17.3 Å². The van der Waals surface area contributed by atoms with E-state index in [0.29, 0.717) is 18.3 Å². The summed E-state index contributed by atoms with van der Waals surface area (Å²) in [7, 11) is 0. The van der Waals surface area contributed by atoms with E-state index < -0.39 is 47.1 Å². The van der Waals surface area contributed by atoms with E-state index in [4.69, 9.17) is 4.74 Å². The minimum absolute atomic E-state index is 0.153. The summed E-state index contributed by atoms with van der Waals surface area (Å²) in [6.45, 7) is 7.64. The van der Waals surface area contributed by atoms with Crippen molar-refractivity contribution < 1.29 is 31.5 Å². The quantitative estimate of drug-likeness (QED) is 0.0997. The molecule has 1 aromatic heterocycles. The van der Waals surface area contributed by atoms with Crippen LogP contribution in [0.4, 0.5) is 22.0 Å². The molecule has 0 aliphatic heterocycles. The van der Waals surface area contributed by atoms with Crippen molar-refractivity contribution in [2.75, 3.05) is 6.61 Å². The zero-order chi connectivity index (χ0) is 31.3. The fraction of sp³-hybridized carbons (Fsp3) is 0.515. The van der Waals surface area contributed by atoms with Gasteiger partial charge < -0.3 is 15.0 Å². The third-order valence-electron chi connectivity index (χ3n) is 8.45. The molecule has 0 saturated heterocycles. The van der Waals surface area contributed by atoms with Crippen LogP contribution in [0.3, 0.4) is 0 Å². The molecule has 2 N–H and O–H groups in total. The number of benzene rings is 2. The number of rotatable bonds is 11. The van der Waals surface area contributed by atoms with Crippen molar-refractivity contribution in [1.29, 1.82) is 0 Å². The molecule has 1 heterocycles. The molecule has 5 nitrogen and oxygen atoms in total. The zero-order valence-corrected chi connectivity index (χ0v) is 25.1. The molecule has 1 atom stereocenters. The number of nitrogens with one attached hydrogen (secondary N) is 2. The fourth-order valence-corrected chi connectivity index (χ4v) is 5.70. The lowest BCUT2D eigenvalue weighted by Gasteiger charge is -2.36. The van der Waals surface area contributed by atoms with E-state index in [2.05, 4.69) is 43.0 Å². The predicted octanol–water partition coefficient (Wildman–Crippen LogP) is 8.53. The van der Waals surface area contributed by atoms with Crippen LogP contribution in [0.15, 0.2) is 30.5 Å². The molecule has 1 unspecified atom stereocenters. The molecule has 10 heteroatoms. The molecule has 1 amide bonds. The van der Waals surface area contributed by atoms with Crippen LogP contribution in [0.25, 0.3) is 11.3 Å². The maximum absolute atomic E-state index is 14.9. The van der Waals surface area contributed by atoms with Crippen LogP contribution >= 0.6 is 0 Å². The van der Waals surface area contributed by atoms with Crippen LogP contribution in [0, 0.1) is 40.5 Å². The first kappa shape index (κ1) is 32.5. The number of halogens is 5. The Hall–Kier alpha value is -3.43. The van der Waals surface area contributed by atoms with E-state index in [1.54, 1.807) is 0 Å². The molecular formula is C33H40F5N3O2. The van der Waals surface area contributed by atoms with Crippen molar-refractivity contribution in [1.82, 2.24) is 15.3 Å². The van der Waals surface area contributed by atoms with Crippen LogP contribution in [-0.2, 0) is 17.9 Å². The van der Waals surface area contributed by atoms with Gasteiger partial charge in [-0.3, -0.25) is 4.79 Å². The van der Waals surface area contributed by atoms with E-state index in [1.165, 1.54) is 0 Å². The largest absolute Gasteiger partial charge is 0.494 e. The first-order valence-corrected chi connectivity index (χ1v) is 14.9. The number of aromatic nitrogens is 2. The number of carbonyl (C=O) groups is 1. The number of alkyl halides is 1. The molecule has 2 aromatic carbocycles. The van der Waals surface area contributed by atoms with Gasteiger partial charge >= 0.3 is 0 Å². The molecule has 43 heavy (non-hydrogen) atoms. The Morgan fingerprint density at radius 2 is 1.70 bits per heavy atom. The molecule has 1 fully saturated rings. The van der Waals surface area contributed by atoms with Gasteiger partial charge in [0.05, 0.1) is 35.7 Å². The number of hydrogen-bond acceptors (Lipinski definition) is 3. The van der Waals surface area contributed by atoms with Crippen molar-refractivity contribution >= 4 is 5.91 Å². The predicted molar refractivity (Wildman–Crippen MR) is 155 cm³/mol. The highest BCUT2D eigenvalue weighted by molar-refractivity contribution is 5.79. The number of ether oxygens (including phenoxy) is 1. The topological polar surface area (TPSA) is 67.0 Å². The highest BCUT2D eigenvalue weighted by Crippen LogP contribution is 2.40. The van der Waals surface area contributed by atoms with Crippen molar-refractivity contribution in [3.05, 3.63) is 70.7 Å². The summed E-state index contributed by atoms with van der Waals surface area (Å²) < 4.78 is 76.8. The first-order chi connectivity index (χ1) is 20.4. The Morgan fingerprint density at radius 3 is 2.30 bits per heavy atom. The third kappa shape index (κ3) is 7.57. The lowest BCUT2D eigenvalue weighted by molar-refractivity contribution is -0.127. The summed E-state index contributed by atoms with van der Waals surface area (Å²) in [5, 5.41) is 3.05. The Morgan fingerprint density at radius 1 is 1.02 bits per heavy atom. The Kier molecular flexibility index (Phi) is 10.5. The molecule has 1 saturated carbocycles. The van der Waals surface area contributed by atoms with Crippen LogP contribution in [0.1, 0.15) is 89.2 Å². The minimum atomic E-state index is -1.97. The first-order valence-electron chi connectivity index (χ1n) is 14.9. The Bertz CT molecular complexity index is 1390. The maximum atomic E-state index is 14.9. The highest BCUT2D eigenvalue weighted by atomic mass is 19.2. The lowest BCUT2D eigenvalue weighted by Crippen LogP contribution is -2.38. The molecular weight excluding hydrogens is 565 g/mol. The van der Waals surface area contributed by atoms with Crippen LogP contribution in [0.5, 0.6) is 5.75 Å². The van der Waals surface area contributed by atoms with Crippen LogP contribution < -0.4 is 10.1 Å². The number of amides is 1. The van der Waals surface area contributed by atoms with E-state index in [1.807, 2.05) is 24.3 Å². The van der Waals surface area contributed by atoms with Gasteiger partial charge in [0.15, 0.2) is 17.5 Å². The number of unbranched alkanes of at least 4 members (excludes halogenated alkanes) is 1. The normalized spacial score (nSPS) is 18.0. The number of carbonyl (C=O) groups excluding carboxylic acids is 1. The van der Waals surface area contributed by atoms with E-state index >= 15 is 0 Å². The van der Waals surface area contributed by atoms with Gasteiger partial charge in [0, 0.05) is 5.92 Å². The van der Waals surface area contributed by atoms with Crippen LogP contribution in [-0.4, -0.2) is 22.5 Å². The standard InChI is InChI=1S/C33H40F5N3O2/c1-5-6-15-43-22-13-7-19(8-14-22)16-24(41-32(42)20-9-11-21(12-10-20)33(2,3)4)31-39-18-25(40-31)26-27(35)23(17-34)28(36)30(38)29(26)37/h7-8,13-14,18,20-21,24H,5-6,9-12,15-17H2,1-4H3,(H,39,40)(H,41,42). The van der Waals surface area contributed by atoms with E-state index in [0.717, 1.165) is 50.3 Å². The monoisotopic (exact) mass is 605 g/mol. The number of H-pyrrole nitrogens is 1. The summed E-state index contributed by atoms with van der Waals surface area (Å²) in [6.07, 6.45) is 6.63. The molecule has 4 rings (SSSR count). The second kappa shape index (κ2) is 13.9. The number of hydrogen-bond donors (Lipinski definition) is 2. The molecule has 0 bridgehead atoms. The second-order valence-corrected chi connectivity index (χ2v) is 12.5. The zero-order valence-electron chi connectivity index (χ0n) is 25.1. The summed E-state index contributed by atoms with van der Waals surface area (Å²) in [5.41, 5.74) is -1.46. The maximum Gasteiger partial charge on any atom is 0.223 e. The molecule has 234 valence electrons. The van der Waals surface area contributed by atoms with Crippen molar-refractivity contribution in [3.8, 4) is 17.0 Å². The Balaban J connectivity index is 1.60. The third-order valence-corrected chi connectivity index (χ3v) is 8.45. The van der Waals surface area contributed by atoms with Gasteiger partial charge in [0.25, 0.3) is 0 Å². The van der Waals surface area contributed by atoms with Gasteiger partial charge in [-0.2, -0.15) is 0 Å². The van der Waals surface area contributed by atoms with Gasteiger partial charge in [-0.05, 0) is 67.6 Å². The summed E-state index contributed by atoms with van der Waals surface area (Å²) in [5.74, 6) is -6.18. The minimum Gasteiger partial charge on any atom is -0.494 e. The average molecular weight is 606 g/mol.